The molecule has 0 radical (unpaired) electrons. The second-order valence-corrected chi connectivity index (χ2v) is 5.05. The lowest BCUT2D eigenvalue weighted by Gasteiger charge is -2.10. The fraction of sp³-hybridized carbons (Fsp3) is 0.188. The second kappa shape index (κ2) is 6.99. The highest BCUT2D eigenvalue weighted by atomic mass is 35.5. The van der Waals surface area contributed by atoms with Gasteiger partial charge in [0.15, 0.2) is 0 Å². The first-order valence-electron chi connectivity index (χ1n) is 6.69. The number of phenolic OH excluding ortho intramolecular Hbond substituents is 1. The second-order valence-electron chi connectivity index (χ2n) is 4.61. The molecule has 0 heterocycles. The molecule has 4 nitrogen and oxygen atoms in total. The van der Waals surface area contributed by atoms with Gasteiger partial charge >= 0.3 is 0 Å². The Bertz CT molecular complexity index is 644. The molecule has 0 aliphatic carbocycles. The maximum Gasteiger partial charge on any atom is 0.224 e. The Morgan fingerprint density at radius 3 is 2.71 bits per heavy atom. The number of amides is 1. The Hall–Kier alpha value is -2.20. The number of carbonyl (C=O) groups is 1. The molecule has 21 heavy (non-hydrogen) atoms. The number of benzene rings is 2. The molecule has 0 atom stereocenters. The number of aromatic hydroxyl groups is 1. The van der Waals surface area contributed by atoms with Crippen LogP contribution in [0.25, 0.3) is 0 Å². The van der Waals surface area contributed by atoms with Crippen LogP contribution in [0.15, 0.2) is 42.5 Å². The Kier molecular flexibility index (Phi) is 5.06. The van der Waals surface area contributed by atoms with Crippen molar-refractivity contribution in [3.05, 3.63) is 53.1 Å². The largest absolute Gasteiger partial charge is 0.508 e. The van der Waals surface area contributed by atoms with Gasteiger partial charge in [-0.25, -0.2) is 0 Å². The number of carbonyl (C=O) groups excluding carboxylic acids is 1. The van der Waals surface area contributed by atoms with Gasteiger partial charge in [-0.1, -0.05) is 24.6 Å². The molecular formula is C16H17ClN2O2. The Morgan fingerprint density at radius 2 is 1.95 bits per heavy atom. The van der Waals surface area contributed by atoms with Crippen molar-refractivity contribution in [1.82, 2.24) is 0 Å². The Balaban J connectivity index is 2.04. The first-order chi connectivity index (χ1) is 10.1. The molecule has 3 N–H and O–H groups in total. The minimum absolute atomic E-state index is 0.0281. The van der Waals surface area contributed by atoms with Gasteiger partial charge in [0.25, 0.3) is 0 Å². The van der Waals surface area contributed by atoms with E-state index in [-0.39, 0.29) is 11.7 Å². The monoisotopic (exact) mass is 304 g/mol. The average molecular weight is 305 g/mol. The lowest BCUT2D eigenvalue weighted by atomic mass is 10.2. The van der Waals surface area contributed by atoms with E-state index in [0.29, 0.717) is 23.6 Å². The van der Waals surface area contributed by atoms with E-state index >= 15 is 0 Å². The molecule has 0 aromatic heterocycles. The highest BCUT2D eigenvalue weighted by Crippen LogP contribution is 2.23. The van der Waals surface area contributed by atoms with Crippen LogP contribution < -0.4 is 10.6 Å². The van der Waals surface area contributed by atoms with Gasteiger partial charge in [0.1, 0.15) is 5.75 Å². The quantitative estimate of drug-likeness (QED) is 0.782. The molecule has 0 bridgehead atoms. The predicted octanol–water partition coefficient (Wildman–Crippen LogP) is 4.01. The highest BCUT2D eigenvalue weighted by Gasteiger charge is 2.03. The Labute approximate surface area is 128 Å². The summed E-state index contributed by atoms with van der Waals surface area (Å²) in [7, 11) is 0. The van der Waals surface area contributed by atoms with Crippen LogP contribution in [-0.4, -0.2) is 11.0 Å². The number of anilines is 2. The van der Waals surface area contributed by atoms with Crippen LogP contribution in [0.5, 0.6) is 5.75 Å². The summed E-state index contributed by atoms with van der Waals surface area (Å²) in [5.74, 6) is 0.168. The summed E-state index contributed by atoms with van der Waals surface area (Å²) in [5, 5.41) is 16.3. The van der Waals surface area contributed by atoms with Gasteiger partial charge in [-0.3, -0.25) is 4.79 Å². The number of hydrogen-bond acceptors (Lipinski definition) is 3. The molecule has 0 unspecified atom stereocenters. The maximum atomic E-state index is 11.4. The summed E-state index contributed by atoms with van der Waals surface area (Å²) in [4.78, 5) is 11.4. The lowest BCUT2D eigenvalue weighted by molar-refractivity contribution is -0.115. The van der Waals surface area contributed by atoms with Crippen LogP contribution in [0.1, 0.15) is 18.9 Å². The minimum atomic E-state index is -0.0281. The van der Waals surface area contributed by atoms with Gasteiger partial charge in [0, 0.05) is 34.9 Å². The topological polar surface area (TPSA) is 61.4 Å². The van der Waals surface area contributed by atoms with Crippen LogP contribution in [0.4, 0.5) is 11.4 Å². The summed E-state index contributed by atoms with van der Waals surface area (Å²) in [6, 6.07) is 12.3. The number of hydrogen-bond donors (Lipinski definition) is 3. The molecule has 0 saturated carbocycles. The van der Waals surface area contributed by atoms with Crippen LogP contribution in [0.3, 0.4) is 0 Å². The molecule has 0 aliphatic rings. The van der Waals surface area contributed by atoms with E-state index in [0.717, 1.165) is 11.4 Å². The van der Waals surface area contributed by atoms with Gasteiger partial charge in [-0.05, 0) is 36.4 Å². The van der Waals surface area contributed by atoms with Crippen LogP contribution in [0, 0.1) is 0 Å². The van der Waals surface area contributed by atoms with Gasteiger partial charge in [-0.15, -0.1) is 0 Å². The van der Waals surface area contributed by atoms with Crippen molar-refractivity contribution in [3.63, 3.8) is 0 Å². The maximum absolute atomic E-state index is 11.4. The summed E-state index contributed by atoms with van der Waals surface area (Å²) in [5.41, 5.74) is 2.30. The zero-order valence-corrected chi connectivity index (χ0v) is 12.4. The zero-order chi connectivity index (χ0) is 15.2. The fourth-order valence-corrected chi connectivity index (χ4v) is 2.04. The number of nitrogens with one attached hydrogen (secondary N) is 2. The first kappa shape index (κ1) is 15.2. The molecule has 110 valence electrons. The molecule has 1 amide bonds. The molecule has 2 aromatic rings. The third kappa shape index (κ3) is 4.39. The molecule has 0 fully saturated rings. The van der Waals surface area contributed by atoms with Crippen molar-refractivity contribution >= 4 is 28.9 Å². The summed E-state index contributed by atoms with van der Waals surface area (Å²) < 4.78 is 0. The fourth-order valence-electron chi connectivity index (χ4n) is 1.85. The predicted molar refractivity (Wildman–Crippen MR) is 85.8 cm³/mol. The van der Waals surface area contributed by atoms with Crippen molar-refractivity contribution in [2.75, 3.05) is 10.6 Å². The molecule has 2 aromatic carbocycles. The van der Waals surface area contributed by atoms with E-state index < -0.39 is 0 Å². The summed E-state index contributed by atoms with van der Waals surface area (Å²) >= 11 is 5.91. The first-order valence-corrected chi connectivity index (χ1v) is 7.07. The van der Waals surface area contributed by atoms with Crippen molar-refractivity contribution in [2.24, 2.45) is 0 Å². The summed E-state index contributed by atoms with van der Waals surface area (Å²) in [6.45, 7) is 2.25. The molecule has 2 rings (SSSR count). The van der Waals surface area contributed by atoms with E-state index in [4.69, 9.17) is 11.6 Å². The summed E-state index contributed by atoms with van der Waals surface area (Å²) in [6.07, 6.45) is 0.439. The van der Waals surface area contributed by atoms with Crippen LogP contribution in [-0.2, 0) is 11.3 Å². The van der Waals surface area contributed by atoms with E-state index in [2.05, 4.69) is 10.6 Å². The van der Waals surface area contributed by atoms with E-state index in [9.17, 15) is 9.90 Å². The third-order valence-electron chi connectivity index (χ3n) is 2.99. The van der Waals surface area contributed by atoms with Crippen molar-refractivity contribution < 1.29 is 9.90 Å². The third-order valence-corrected chi connectivity index (χ3v) is 3.23. The normalized spacial score (nSPS) is 10.2. The molecule has 5 heteroatoms. The van der Waals surface area contributed by atoms with Crippen LogP contribution >= 0.6 is 11.6 Å². The Morgan fingerprint density at radius 1 is 1.19 bits per heavy atom. The van der Waals surface area contributed by atoms with E-state index in [1.807, 2.05) is 24.3 Å². The van der Waals surface area contributed by atoms with E-state index in [1.54, 1.807) is 25.1 Å². The van der Waals surface area contributed by atoms with Crippen molar-refractivity contribution in [3.8, 4) is 5.75 Å². The number of phenols is 1. The van der Waals surface area contributed by atoms with Crippen molar-refractivity contribution in [2.45, 2.75) is 19.9 Å². The number of rotatable bonds is 5. The molecule has 0 aliphatic heterocycles. The highest BCUT2D eigenvalue weighted by molar-refractivity contribution is 6.30. The van der Waals surface area contributed by atoms with Gasteiger partial charge < -0.3 is 15.7 Å². The zero-order valence-electron chi connectivity index (χ0n) is 11.7. The van der Waals surface area contributed by atoms with Crippen LogP contribution in [0.2, 0.25) is 5.02 Å². The lowest BCUT2D eigenvalue weighted by Crippen LogP contribution is -2.09. The SMILES string of the molecule is CCC(=O)Nc1cccc(NCc2cc(Cl)ccc2O)c1. The molecule has 0 saturated heterocycles. The smallest absolute Gasteiger partial charge is 0.224 e. The van der Waals surface area contributed by atoms with E-state index in [1.165, 1.54) is 0 Å². The standard InChI is InChI=1S/C16H17ClN2O2/c1-2-16(21)19-14-5-3-4-13(9-14)18-10-11-8-12(17)6-7-15(11)20/h3-9,18,20H,2,10H2,1H3,(H,19,21). The van der Waals surface area contributed by atoms with Gasteiger partial charge in [0.05, 0.1) is 0 Å². The molecular weight excluding hydrogens is 288 g/mol. The van der Waals surface area contributed by atoms with Gasteiger partial charge in [-0.2, -0.15) is 0 Å². The average Bonchev–Trinajstić information content (AvgIpc) is 2.48. The number of halogens is 1. The van der Waals surface area contributed by atoms with Gasteiger partial charge in [0.2, 0.25) is 5.91 Å². The molecule has 0 spiro atoms. The van der Waals surface area contributed by atoms with Crippen molar-refractivity contribution in [1.29, 1.82) is 0 Å². The minimum Gasteiger partial charge on any atom is -0.508 e.